The molecular formula is C22H20N2O3. The number of hydrogen-bond donors (Lipinski definition) is 2. The average molecular weight is 360 g/mol. The molecule has 0 spiro atoms. The Kier molecular flexibility index (Phi) is 6.20. The lowest BCUT2D eigenvalue weighted by atomic mass is 10.1. The SMILES string of the molecule is O=C(COc1ccccc1-c1ccccc1)NC(=O)NCc1ccccc1. The highest BCUT2D eigenvalue weighted by Crippen LogP contribution is 2.29. The van der Waals surface area contributed by atoms with E-state index in [0.29, 0.717) is 12.3 Å². The van der Waals surface area contributed by atoms with Crippen molar-refractivity contribution in [3.05, 3.63) is 90.5 Å². The number of benzene rings is 3. The van der Waals surface area contributed by atoms with Gasteiger partial charge in [0.1, 0.15) is 5.75 Å². The molecule has 5 heteroatoms. The van der Waals surface area contributed by atoms with E-state index in [1.165, 1.54) is 0 Å². The maximum absolute atomic E-state index is 12.0. The Morgan fingerprint density at radius 1 is 0.778 bits per heavy atom. The number of rotatable bonds is 6. The summed E-state index contributed by atoms with van der Waals surface area (Å²) in [6.07, 6.45) is 0. The Morgan fingerprint density at radius 2 is 1.41 bits per heavy atom. The van der Waals surface area contributed by atoms with Gasteiger partial charge in [0.25, 0.3) is 5.91 Å². The van der Waals surface area contributed by atoms with E-state index in [0.717, 1.165) is 16.7 Å². The number of amides is 3. The van der Waals surface area contributed by atoms with Crippen LogP contribution in [0.15, 0.2) is 84.9 Å². The second-order valence-electron chi connectivity index (χ2n) is 5.87. The van der Waals surface area contributed by atoms with Crippen molar-refractivity contribution in [1.29, 1.82) is 0 Å². The number of imide groups is 1. The molecule has 0 fully saturated rings. The van der Waals surface area contributed by atoms with Gasteiger partial charge in [0.05, 0.1) is 0 Å². The van der Waals surface area contributed by atoms with Crippen molar-refractivity contribution in [3.8, 4) is 16.9 Å². The third-order valence-electron chi connectivity index (χ3n) is 3.88. The van der Waals surface area contributed by atoms with Crippen molar-refractivity contribution in [2.45, 2.75) is 6.54 Å². The number of para-hydroxylation sites is 1. The number of carbonyl (C=O) groups excluding carboxylic acids is 2. The molecule has 0 bridgehead atoms. The lowest BCUT2D eigenvalue weighted by Crippen LogP contribution is -2.41. The Bertz CT molecular complexity index is 896. The zero-order valence-electron chi connectivity index (χ0n) is 14.7. The Balaban J connectivity index is 1.52. The highest BCUT2D eigenvalue weighted by molar-refractivity contribution is 5.95. The first-order valence-corrected chi connectivity index (χ1v) is 8.61. The minimum Gasteiger partial charge on any atom is -0.483 e. The summed E-state index contributed by atoms with van der Waals surface area (Å²) in [5.41, 5.74) is 2.83. The fourth-order valence-electron chi connectivity index (χ4n) is 2.58. The largest absolute Gasteiger partial charge is 0.483 e. The van der Waals surface area contributed by atoms with Gasteiger partial charge in [0, 0.05) is 12.1 Å². The van der Waals surface area contributed by atoms with Crippen LogP contribution in [0.5, 0.6) is 5.75 Å². The summed E-state index contributed by atoms with van der Waals surface area (Å²) in [4.78, 5) is 23.8. The molecule has 136 valence electrons. The van der Waals surface area contributed by atoms with Gasteiger partial charge in [0.2, 0.25) is 0 Å². The first-order valence-electron chi connectivity index (χ1n) is 8.61. The Labute approximate surface area is 158 Å². The van der Waals surface area contributed by atoms with Crippen LogP contribution in [-0.4, -0.2) is 18.5 Å². The number of ether oxygens (including phenoxy) is 1. The van der Waals surface area contributed by atoms with Gasteiger partial charge in [-0.15, -0.1) is 0 Å². The van der Waals surface area contributed by atoms with Crippen LogP contribution in [0, 0.1) is 0 Å². The molecule has 0 radical (unpaired) electrons. The molecule has 3 aromatic rings. The van der Waals surface area contributed by atoms with Crippen LogP contribution in [-0.2, 0) is 11.3 Å². The second kappa shape index (κ2) is 9.20. The summed E-state index contributed by atoms with van der Waals surface area (Å²) in [7, 11) is 0. The summed E-state index contributed by atoms with van der Waals surface area (Å²) < 4.78 is 5.62. The first kappa shape index (κ1) is 18.2. The maximum atomic E-state index is 12.0. The first-order chi connectivity index (χ1) is 13.2. The van der Waals surface area contributed by atoms with E-state index in [2.05, 4.69) is 10.6 Å². The van der Waals surface area contributed by atoms with Crippen LogP contribution in [0.25, 0.3) is 11.1 Å². The van der Waals surface area contributed by atoms with Gasteiger partial charge in [-0.25, -0.2) is 4.79 Å². The van der Waals surface area contributed by atoms with Gasteiger partial charge in [-0.1, -0.05) is 78.9 Å². The molecular weight excluding hydrogens is 340 g/mol. The number of carbonyl (C=O) groups is 2. The fourth-order valence-corrected chi connectivity index (χ4v) is 2.58. The normalized spacial score (nSPS) is 10.1. The second-order valence-corrected chi connectivity index (χ2v) is 5.87. The van der Waals surface area contributed by atoms with E-state index in [1.54, 1.807) is 6.07 Å². The summed E-state index contributed by atoms with van der Waals surface area (Å²) in [6, 6.07) is 26.1. The topological polar surface area (TPSA) is 67.4 Å². The zero-order valence-corrected chi connectivity index (χ0v) is 14.7. The molecule has 3 rings (SSSR count). The fraction of sp³-hybridized carbons (Fsp3) is 0.0909. The highest BCUT2D eigenvalue weighted by atomic mass is 16.5. The van der Waals surface area contributed by atoms with Gasteiger partial charge in [0.15, 0.2) is 6.61 Å². The van der Waals surface area contributed by atoms with Crippen molar-refractivity contribution >= 4 is 11.9 Å². The van der Waals surface area contributed by atoms with Crippen LogP contribution < -0.4 is 15.4 Å². The van der Waals surface area contributed by atoms with Gasteiger partial charge < -0.3 is 10.1 Å². The molecule has 3 amide bonds. The third-order valence-corrected chi connectivity index (χ3v) is 3.88. The lowest BCUT2D eigenvalue weighted by molar-refractivity contribution is -0.122. The molecule has 5 nitrogen and oxygen atoms in total. The van der Waals surface area contributed by atoms with E-state index in [9.17, 15) is 9.59 Å². The summed E-state index contributed by atoms with van der Waals surface area (Å²) >= 11 is 0. The van der Waals surface area contributed by atoms with E-state index >= 15 is 0 Å². The standard InChI is InChI=1S/C22H20N2O3/c25-21(24-22(26)23-15-17-9-3-1-4-10-17)16-27-20-14-8-7-13-19(20)18-11-5-2-6-12-18/h1-14H,15-16H2,(H2,23,24,25,26). The Hall–Kier alpha value is -3.60. The molecule has 0 saturated heterocycles. The van der Waals surface area contributed by atoms with Gasteiger partial charge in [-0.3, -0.25) is 10.1 Å². The van der Waals surface area contributed by atoms with E-state index in [4.69, 9.17) is 4.74 Å². The Morgan fingerprint density at radius 3 is 2.15 bits per heavy atom. The summed E-state index contributed by atoms with van der Waals surface area (Å²) in [5, 5.41) is 4.90. The lowest BCUT2D eigenvalue weighted by Gasteiger charge is -2.12. The van der Waals surface area contributed by atoms with Crippen LogP contribution in [0.1, 0.15) is 5.56 Å². The smallest absolute Gasteiger partial charge is 0.321 e. The van der Waals surface area contributed by atoms with Gasteiger partial charge >= 0.3 is 6.03 Å². The molecule has 0 aromatic heterocycles. The average Bonchev–Trinajstić information content (AvgIpc) is 2.72. The predicted octanol–water partition coefficient (Wildman–Crippen LogP) is 3.76. The number of urea groups is 1. The minimum atomic E-state index is -0.552. The van der Waals surface area contributed by atoms with Crippen molar-refractivity contribution in [1.82, 2.24) is 10.6 Å². The third kappa shape index (κ3) is 5.44. The molecule has 27 heavy (non-hydrogen) atoms. The van der Waals surface area contributed by atoms with Crippen LogP contribution in [0.3, 0.4) is 0 Å². The quantitative estimate of drug-likeness (QED) is 0.703. The summed E-state index contributed by atoms with van der Waals surface area (Å²) in [5.74, 6) is 0.0759. The minimum absolute atomic E-state index is 0.247. The molecule has 2 N–H and O–H groups in total. The number of nitrogens with one attached hydrogen (secondary N) is 2. The molecule has 0 unspecified atom stereocenters. The molecule has 0 aliphatic carbocycles. The maximum Gasteiger partial charge on any atom is 0.321 e. The van der Waals surface area contributed by atoms with E-state index < -0.39 is 11.9 Å². The zero-order chi connectivity index (χ0) is 18.9. The molecule has 3 aromatic carbocycles. The highest BCUT2D eigenvalue weighted by Gasteiger charge is 2.10. The van der Waals surface area contributed by atoms with Crippen molar-refractivity contribution in [2.75, 3.05) is 6.61 Å². The molecule has 0 atom stereocenters. The summed E-state index contributed by atoms with van der Waals surface area (Å²) in [6.45, 7) is 0.0975. The van der Waals surface area contributed by atoms with E-state index in [-0.39, 0.29) is 6.61 Å². The number of hydrogen-bond acceptors (Lipinski definition) is 3. The predicted molar refractivity (Wildman–Crippen MR) is 104 cm³/mol. The molecule has 0 aliphatic rings. The van der Waals surface area contributed by atoms with Crippen molar-refractivity contribution in [2.24, 2.45) is 0 Å². The molecule has 0 saturated carbocycles. The molecule has 0 aliphatic heterocycles. The van der Waals surface area contributed by atoms with Crippen LogP contribution >= 0.6 is 0 Å². The van der Waals surface area contributed by atoms with E-state index in [1.807, 2.05) is 78.9 Å². The van der Waals surface area contributed by atoms with Crippen molar-refractivity contribution < 1.29 is 14.3 Å². The van der Waals surface area contributed by atoms with Gasteiger partial charge in [-0.05, 0) is 17.2 Å². The van der Waals surface area contributed by atoms with Crippen molar-refractivity contribution in [3.63, 3.8) is 0 Å². The monoisotopic (exact) mass is 360 g/mol. The van der Waals surface area contributed by atoms with Crippen LogP contribution in [0.2, 0.25) is 0 Å². The molecule has 0 heterocycles. The van der Waals surface area contributed by atoms with Gasteiger partial charge in [-0.2, -0.15) is 0 Å². The van der Waals surface area contributed by atoms with Crippen LogP contribution in [0.4, 0.5) is 4.79 Å².